The summed E-state index contributed by atoms with van der Waals surface area (Å²) in [5.74, 6) is 5.06. The van der Waals surface area contributed by atoms with Gasteiger partial charge in [-0.1, -0.05) is 12.8 Å². The molecule has 0 aromatic carbocycles. The predicted molar refractivity (Wildman–Crippen MR) is 33.4 cm³/mol. The predicted octanol–water partition coefficient (Wildman–Crippen LogP) is 1.38. The summed E-state index contributed by atoms with van der Waals surface area (Å²) >= 11 is 0. The van der Waals surface area contributed by atoms with Crippen LogP contribution >= 0.6 is 0 Å². The summed E-state index contributed by atoms with van der Waals surface area (Å²) in [6.45, 7) is 3.64. The zero-order valence-corrected chi connectivity index (χ0v) is 5.32. The standard InChI is InChI=1S/C7H10O/c1-3-5-7(8)6-4-2/h3,5H2,1-2H3. The molecule has 1 nitrogen and oxygen atoms in total. The van der Waals surface area contributed by atoms with E-state index >= 15 is 0 Å². The van der Waals surface area contributed by atoms with Crippen molar-refractivity contribution in [1.29, 1.82) is 0 Å². The third kappa shape index (κ3) is 3.42. The molecule has 0 aliphatic heterocycles. The van der Waals surface area contributed by atoms with Crippen molar-refractivity contribution in [2.45, 2.75) is 26.7 Å². The lowest BCUT2D eigenvalue weighted by atomic mass is 10.2. The Hall–Kier alpha value is -0.770. The molecular formula is C7H10O. The Labute approximate surface area is 50.1 Å². The van der Waals surface area contributed by atoms with Gasteiger partial charge in [-0.2, -0.15) is 0 Å². The van der Waals surface area contributed by atoms with Gasteiger partial charge in [-0.25, -0.2) is 0 Å². The molecule has 0 N–H and O–H groups in total. The first-order valence-corrected chi connectivity index (χ1v) is 2.76. The maximum absolute atomic E-state index is 10.5. The summed E-state index contributed by atoms with van der Waals surface area (Å²) in [4.78, 5) is 10.5. The van der Waals surface area contributed by atoms with E-state index in [-0.39, 0.29) is 5.78 Å². The largest absolute Gasteiger partial charge is 0.285 e. The minimum absolute atomic E-state index is 0.0509. The SMILES string of the molecule is CC#CC(=O)CCC. The molecule has 1 heteroatoms. The summed E-state index contributed by atoms with van der Waals surface area (Å²) in [7, 11) is 0. The number of ketones is 1. The molecule has 0 radical (unpaired) electrons. The van der Waals surface area contributed by atoms with Gasteiger partial charge in [-0.15, -0.1) is 0 Å². The molecule has 0 amide bonds. The van der Waals surface area contributed by atoms with E-state index in [2.05, 4.69) is 11.8 Å². The maximum atomic E-state index is 10.5. The quantitative estimate of drug-likeness (QED) is 0.387. The molecule has 0 aromatic heterocycles. The monoisotopic (exact) mass is 110 g/mol. The van der Waals surface area contributed by atoms with Gasteiger partial charge in [0.2, 0.25) is 5.78 Å². The normalized spacial score (nSPS) is 7.25. The van der Waals surface area contributed by atoms with Crippen LogP contribution in [0.5, 0.6) is 0 Å². The van der Waals surface area contributed by atoms with Crippen molar-refractivity contribution in [3.8, 4) is 11.8 Å². The molecule has 0 spiro atoms. The van der Waals surface area contributed by atoms with E-state index in [9.17, 15) is 4.79 Å². The van der Waals surface area contributed by atoms with Crippen molar-refractivity contribution in [3.63, 3.8) is 0 Å². The highest BCUT2D eigenvalue weighted by Gasteiger charge is 1.89. The zero-order chi connectivity index (χ0) is 6.41. The Morgan fingerprint density at radius 2 is 2.25 bits per heavy atom. The van der Waals surface area contributed by atoms with E-state index in [0.717, 1.165) is 6.42 Å². The van der Waals surface area contributed by atoms with Crippen LogP contribution in [-0.4, -0.2) is 5.78 Å². The van der Waals surface area contributed by atoms with Gasteiger partial charge < -0.3 is 0 Å². The van der Waals surface area contributed by atoms with Gasteiger partial charge in [-0.05, 0) is 19.3 Å². The summed E-state index contributed by atoms with van der Waals surface area (Å²) in [6.07, 6.45) is 1.49. The second-order valence-electron chi connectivity index (χ2n) is 1.55. The number of rotatable bonds is 2. The molecule has 0 aliphatic rings. The number of hydrogen-bond donors (Lipinski definition) is 0. The number of carbonyl (C=O) groups is 1. The lowest BCUT2D eigenvalue weighted by Gasteiger charge is -1.81. The second kappa shape index (κ2) is 4.39. The van der Waals surface area contributed by atoms with Gasteiger partial charge in [0, 0.05) is 6.42 Å². The average Bonchev–Trinajstić information content (AvgIpc) is 1.68. The van der Waals surface area contributed by atoms with E-state index in [1.165, 1.54) is 0 Å². The van der Waals surface area contributed by atoms with Crippen molar-refractivity contribution in [2.75, 3.05) is 0 Å². The van der Waals surface area contributed by atoms with E-state index in [0.29, 0.717) is 6.42 Å². The molecule has 0 bridgehead atoms. The molecule has 0 heterocycles. The van der Waals surface area contributed by atoms with Crippen LogP contribution in [0.2, 0.25) is 0 Å². The third-order valence-electron chi connectivity index (χ3n) is 0.741. The van der Waals surface area contributed by atoms with E-state index in [4.69, 9.17) is 0 Å². The molecule has 0 aromatic rings. The summed E-state index contributed by atoms with van der Waals surface area (Å²) < 4.78 is 0. The first kappa shape index (κ1) is 7.23. The Kier molecular flexibility index (Phi) is 3.97. The van der Waals surface area contributed by atoms with Crippen LogP contribution in [0.3, 0.4) is 0 Å². The van der Waals surface area contributed by atoms with Gasteiger partial charge in [0.05, 0.1) is 0 Å². The van der Waals surface area contributed by atoms with Crippen LogP contribution in [0.4, 0.5) is 0 Å². The molecule has 0 unspecified atom stereocenters. The fourth-order valence-corrected chi connectivity index (χ4v) is 0.429. The third-order valence-corrected chi connectivity index (χ3v) is 0.741. The van der Waals surface area contributed by atoms with Crippen LogP contribution in [0, 0.1) is 11.8 Å². The van der Waals surface area contributed by atoms with Gasteiger partial charge in [0.25, 0.3) is 0 Å². The summed E-state index contributed by atoms with van der Waals surface area (Å²) in [5.41, 5.74) is 0. The minimum Gasteiger partial charge on any atom is -0.285 e. The lowest BCUT2D eigenvalue weighted by Crippen LogP contribution is -1.89. The van der Waals surface area contributed by atoms with Crippen molar-refractivity contribution < 1.29 is 4.79 Å². The fourth-order valence-electron chi connectivity index (χ4n) is 0.429. The van der Waals surface area contributed by atoms with Crippen LogP contribution in [0.25, 0.3) is 0 Å². The van der Waals surface area contributed by atoms with Crippen molar-refractivity contribution in [3.05, 3.63) is 0 Å². The average molecular weight is 110 g/mol. The van der Waals surface area contributed by atoms with Crippen LogP contribution in [-0.2, 0) is 4.79 Å². The highest BCUT2D eigenvalue weighted by molar-refractivity contribution is 5.95. The Morgan fingerprint density at radius 1 is 1.62 bits per heavy atom. The molecule has 0 rings (SSSR count). The van der Waals surface area contributed by atoms with Gasteiger partial charge in [0.1, 0.15) is 0 Å². The number of carbonyl (C=O) groups excluding carboxylic acids is 1. The van der Waals surface area contributed by atoms with Crippen molar-refractivity contribution in [2.24, 2.45) is 0 Å². The Morgan fingerprint density at radius 3 is 2.62 bits per heavy atom. The highest BCUT2D eigenvalue weighted by Crippen LogP contribution is 1.85. The Balaban J connectivity index is 3.44. The molecule has 44 valence electrons. The smallest absolute Gasteiger partial charge is 0.205 e. The number of hydrogen-bond acceptors (Lipinski definition) is 1. The molecular weight excluding hydrogens is 100 g/mol. The Bertz CT molecular complexity index is 125. The first-order chi connectivity index (χ1) is 3.81. The lowest BCUT2D eigenvalue weighted by molar-refractivity contribution is -0.113. The molecule has 0 saturated heterocycles. The topological polar surface area (TPSA) is 17.1 Å². The van der Waals surface area contributed by atoms with Gasteiger partial charge in [0.15, 0.2) is 0 Å². The molecule has 8 heavy (non-hydrogen) atoms. The van der Waals surface area contributed by atoms with Gasteiger partial charge in [-0.3, -0.25) is 4.79 Å². The van der Waals surface area contributed by atoms with E-state index in [1.807, 2.05) is 6.92 Å². The van der Waals surface area contributed by atoms with Crippen molar-refractivity contribution in [1.82, 2.24) is 0 Å². The van der Waals surface area contributed by atoms with Crippen LogP contribution in [0.1, 0.15) is 26.7 Å². The summed E-state index contributed by atoms with van der Waals surface area (Å²) in [5, 5.41) is 0. The van der Waals surface area contributed by atoms with Crippen molar-refractivity contribution >= 4 is 5.78 Å². The van der Waals surface area contributed by atoms with Crippen LogP contribution < -0.4 is 0 Å². The maximum Gasteiger partial charge on any atom is 0.205 e. The number of Topliss-reactive ketones (excluding diaryl/α,β-unsaturated/α-hetero) is 1. The minimum atomic E-state index is 0.0509. The van der Waals surface area contributed by atoms with E-state index in [1.54, 1.807) is 6.92 Å². The van der Waals surface area contributed by atoms with Crippen LogP contribution in [0.15, 0.2) is 0 Å². The molecule has 0 aliphatic carbocycles. The van der Waals surface area contributed by atoms with Gasteiger partial charge >= 0.3 is 0 Å². The molecule has 0 atom stereocenters. The highest BCUT2D eigenvalue weighted by atomic mass is 16.1. The first-order valence-electron chi connectivity index (χ1n) is 2.76. The second-order valence-corrected chi connectivity index (χ2v) is 1.55. The van der Waals surface area contributed by atoms with E-state index < -0.39 is 0 Å². The summed E-state index contributed by atoms with van der Waals surface area (Å²) in [6, 6.07) is 0. The zero-order valence-electron chi connectivity index (χ0n) is 5.32. The molecule has 0 fully saturated rings. The molecule has 0 saturated carbocycles. The fraction of sp³-hybridized carbons (Fsp3) is 0.571.